The van der Waals surface area contributed by atoms with Gasteiger partial charge in [0, 0.05) is 16.1 Å². The van der Waals surface area contributed by atoms with Gasteiger partial charge in [-0.05, 0) is 103 Å². The first-order valence-electron chi connectivity index (χ1n) is 12.0. The Morgan fingerprint density at radius 1 is 0.952 bits per heavy atom. The van der Waals surface area contributed by atoms with Crippen molar-refractivity contribution in [1.82, 2.24) is 0 Å². The van der Waals surface area contributed by atoms with Gasteiger partial charge in [-0.25, -0.2) is 8.70 Å². The number of anilines is 3. The van der Waals surface area contributed by atoms with Crippen molar-refractivity contribution in [2.24, 2.45) is 0 Å². The zero-order valence-corrected chi connectivity index (χ0v) is 23.2. The number of rotatable bonds is 9. The monoisotopic (exact) mass is 622 g/mol. The third-order valence-electron chi connectivity index (χ3n) is 5.76. The molecule has 0 bridgehead atoms. The van der Waals surface area contributed by atoms with Crippen molar-refractivity contribution in [3.8, 4) is 11.5 Å². The molecule has 8 nitrogen and oxygen atoms in total. The molecule has 0 heterocycles. The van der Waals surface area contributed by atoms with E-state index in [0.717, 1.165) is 36.4 Å². The summed E-state index contributed by atoms with van der Waals surface area (Å²) in [6.07, 6.45) is -0.503. The zero-order valence-electron chi connectivity index (χ0n) is 21.5. The number of benzene rings is 4. The summed E-state index contributed by atoms with van der Waals surface area (Å²) < 4.78 is 91.2. The number of hydrogen-bond acceptors (Lipinski definition) is 6. The summed E-state index contributed by atoms with van der Waals surface area (Å²) in [6.45, 7) is 1.72. The molecule has 0 saturated carbocycles. The van der Waals surface area contributed by atoms with Crippen molar-refractivity contribution in [2.45, 2.75) is 23.4 Å². The van der Waals surface area contributed by atoms with Gasteiger partial charge in [-0.15, -0.1) is 0 Å². The molecular weight excluding hydrogens is 600 g/mol. The fraction of sp³-hybridized carbons (Fsp3) is 0.107. The van der Waals surface area contributed by atoms with Gasteiger partial charge in [0.25, 0.3) is 5.91 Å². The molecule has 0 fully saturated rings. The molecule has 0 aliphatic heterocycles. The van der Waals surface area contributed by atoms with Gasteiger partial charge < -0.3 is 15.2 Å². The first kappa shape index (κ1) is 30.7. The van der Waals surface area contributed by atoms with E-state index in [1.165, 1.54) is 54.6 Å². The van der Waals surface area contributed by atoms with Crippen LogP contribution >= 0.6 is 11.8 Å². The van der Waals surface area contributed by atoms with Crippen LogP contribution in [0.4, 0.5) is 34.6 Å². The van der Waals surface area contributed by atoms with E-state index in [-0.39, 0.29) is 33.6 Å². The van der Waals surface area contributed by atoms with E-state index in [2.05, 4.69) is 5.32 Å². The van der Waals surface area contributed by atoms with E-state index < -0.39 is 45.1 Å². The van der Waals surface area contributed by atoms with E-state index in [4.69, 9.17) is 4.74 Å². The summed E-state index contributed by atoms with van der Waals surface area (Å²) in [4.78, 5) is 12.9. The molecule has 4 aromatic rings. The van der Waals surface area contributed by atoms with Crippen LogP contribution in [0.3, 0.4) is 0 Å². The van der Waals surface area contributed by atoms with Gasteiger partial charge in [0.05, 0.1) is 5.69 Å². The summed E-state index contributed by atoms with van der Waals surface area (Å²) in [5.41, 5.74) is -4.03. The first-order chi connectivity index (χ1) is 19.7. The molecular formula is C28H22F4N2O6S2. The lowest BCUT2D eigenvalue weighted by Crippen LogP contribution is -2.25. The van der Waals surface area contributed by atoms with Crippen LogP contribution in [-0.4, -0.2) is 29.5 Å². The number of carbonyl (C=O) groups excluding carboxylic acids is 1. The van der Waals surface area contributed by atoms with Gasteiger partial charge in [0.1, 0.15) is 29.1 Å². The Labute approximate surface area is 242 Å². The van der Waals surface area contributed by atoms with Gasteiger partial charge in [-0.2, -0.15) is 21.6 Å². The average molecular weight is 623 g/mol. The Bertz CT molecular complexity index is 1670. The van der Waals surface area contributed by atoms with Crippen molar-refractivity contribution in [3.05, 3.63) is 108 Å². The number of hydrogen-bond donors (Lipinski definition) is 3. The largest absolute Gasteiger partial charge is 0.506 e. The predicted molar refractivity (Wildman–Crippen MR) is 150 cm³/mol. The van der Waals surface area contributed by atoms with E-state index >= 15 is 0 Å². The highest BCUT2D eigenvalue weighted by Gasteiger charge is 2.29. The van der Waals surface area contributed by atoms with Crippen molar-refractivity contribution >= 4 is 45.0 Å². The Balaban J connectivity index is 1.46. The highest BCUT2D eigenvalue weighted by Crippen LogP contribution is 2.38. The highest BCUT2D eigenvalue weighted by atomic mass is 32.2. The lowest BCUT2D eigenvalue weighted by Gasteiger charge is -2.22. The second-order valence-corrected chi connectivity index (χ2v) is 11.2. The minimum Gasteiger partial charge on any atom is -0.506 e. The van der Waals surface area contributed by atoms with E-state index in [9.17, 15) is 40.4 Å². The molecule has 0 aliphatic carbocycles. The molecule has 1 unspecified atom stereocenters. The van der Waals surface area contributed by atoms with Crippen molar-refractivity contribution in [1.29, 1.82) is 0 Å². The second kappa shape index (κ2) is 12.3. The molecule has 1 amide bonds. The maximum atomic E-state index is 13.4. The van der Waals surface area contributed by atoms with Crippen molar-refractivity contribution < 1.29 is 45.2 Å². The van der Waals surface area contributed by atoms with E-state index in [1.807, 2.05) is 0 Å². The number of phenolic OH excluding ortho intramolecular Hbond substituents is 1. The minimum atomic E-state index is -4.97. The van der Waals surface area contributed by atoms with Crippen molar-refractivity contribution in [3.63, 3.8) is 0 Å². The molecule has 220 valence electrons. The first-order valence-corrected chi connectivity index (χ1v) is 14.2. The number of nitrogens with one attached hydrogen (secondary N) is 1. The van der Waals surface area contributed by atoms with Gasteiger partial charge >= 0.3 is 15.8 Å². The van der Waals surface area contributed by atoms with Crippen LogP contribution in [0.15, 0.2) is 95.9 Å². The molecule has 14 heteroatoms. The lowest BCUT2D eigenvalue weighted by atomic mass is 10.1. The molecule has 4 rings (SSSR count). The van der Waals surface area contributed by atoms with E-state index in [0.29, 0.717) is 15.6 Å². The quantitative estimate of drug-likeness (QED) is 0.0767. The minimum absolute atomic E-state index is 0.0516. The van der Waals surface area contributed by atoms with E-state index in [1.54, 1.807) is 6.92 Å². The smallest absolute Gasteiger partial charge is 0.446 e. The van der Waals surface area contributed by atoms with Crippen LogP contribution < -0.4 is 14.4 Å². The number of thioether (sulfide) groups is 1. The molecule has 0 radical (unpaired) electrons. The Kier molecular flexibility index (Phi) is 8.99. The fourth-order valence-corrected chi connectivity index (χ4v) is 5.16. The molecule has 0 aliphatic rings. The van der Waals surface area contributed by atoms with Gasteiger partial charge in [0.15, 0.2) is 0 Å². The summed E-state index contributed by atoms with van der Waals surface area (Å²) in [6, 6.07) is 19.4. The number of phenols is 1. The third kappa shape index (κ3) is 7.93. The number of alkyl halides is 3. The van der Waals surface area contributed by atoms with Crippen LogP contribution in [0.2, 0.25) is 0 Å². The average Bonchev–Trinajstić information content (AvgIpc) is 2.91. The summed E-state index contributed by atoms with van der Waals surface area (Å²) >= 11 is -0.211. The highest BCUT2D eigenvalue weighted by molar-refractivity contribution is 8.00. The zero-order chi connectivity index (χ0) is 30.7. The predicted octanol–water partition coefficient (Wildman–Crippen LogP) is 7.48. The summed E-state index contributed by atoms with van der Waals surface area (Å²) in [5, 5.41) is 12.9. The van der Waals surface area contributed by atoms with Crippen LogP contribution in [-0.2, 0) is 10.3 Å². The second-order valence-electron chi connectivity index (χ2n) is 8.78. The number of ether oxygens (including phenoxy) is 1. The third-order valence-corrected chi connectivity index (χ3v) is 7.36. The Morgan fingerprint density at radius 3 is 2.14 bits per heavy atom. The number of halogens is 4. The lowest BCUT2D eigenvalue weighted by molar-refractivity contribution is -0.0328. The summed E-state index contributed by atoms with van der Waals surface area (Å²) in [7, 11) is -4.97. The fourth-order valence-electron chi connectivity index (χ4n) is 3.84. The number of amides is 1. The maximum Gasteiger partial charge on any atom is 0.446 e. The number of aromatic hydroxyl groups is 1. The maximum absolute atomic E-state index is 13.4. The van der Waals surface area contributed by atoms with Crippen LogP contribution in [0.5, 0.6) is 11.5 Å². The van der Waals surface area contributed by atoms with Gasteiger partial charge in [-0.1, -0.05) is 12.1 Å². The molecule has 42 heavy (non-hydrogen) atoms. The Hall–Kier alpha value is -4.27. The van der Waals surface area contributed by atoms with Crippen molar-refractivity contribution in [2.75, 3.05) is 9.62 Å². The molecule has 4 aromatic carbocycles. The van der Waals surface area contributed by atoms with Gasteiger partial charge in [0.2, 0.25) is 0 Å². The number of carbonyl (C=O) groups is 1. The topological polar surface area (TPSA) is 116 Å². The van der Waals surface area contributed by atoms with Crippen LogP contribution in [0.1, 0.15) is 28.9 Å². The van der Waals surface area contributed by atoms with Crippen LogP contribution in [0.25, 0.3) is 0 Å². The SMILES string of the molecule is CC(Oc1ccc(C(=O)Nc2ccc(O)c(N(c3ccc(F)cc3)S(=O)(=O)O)c2)cc1)c1ccc(SC(F)(F)F)cc1. The molecule has 0 aromatic heterocycles. The molecule has 0 spiro atoms. The molecule has 1 atom stereocenters. The standard InChI is InChI=1S/C28H22F4N2O6S2/c1-17(18-4-13-24(14-5-18)41-28(30,31)32)40-23-11-2-19(3-12-23)27(36)33-21-8-15-26(35)25(16-21)34(42(37,38)39)22-9-6-20(29)7-10-22/h2-17,35H,1H3,(H,33,36)(H,37,38,39). The Morgan fingerprint density at radius 2 is 1.57 bits per heavy atom. The molecule has 3 N–H and O–H groups in total. The number of nitrogens with zero attached hydrogens (tertiary/aromatic N) is 1. The normalized spacial score (nSPS) is 12.4. The van der Waals surface area contributed by atoms with Crippen LogP contribution in [0, 0.1) is 5.82 Å². The summed E-state index contributed by atoms with van der Waals surface area (Å²) in [5.74, 6) is -1.39. The van der Waals surface area contributed by atoms with Gasteiger partial charge in [-0.3, -0.25) is 9.35 Å². The molecule has 0 saturated heterocycles.